The van der Waals surface area contributed by atoms with Crippen molar-refractivity contribution in [3.05, 3.63) is 101 Å². The van der Waals surface area contributed by atoms with Crippen LogP contribution in [0.3, 0.4) is 0 Å². The first-order chi connectivity index (χ1) is 17.7. The van der Waals surface area contributed by atoms with Gasteiger partial charge in [-0.15, -0.1) is 0 Å². The maximum atomic E-state index is 13.4. The molecule has 7 nitrogen and oxygen atoms in total. The van der Waals surface area contributed by atoms with Crippen LogP contribution in [0, 0.1) is 0 Å². The van der Waals surface area contributed by atoms with Gasteiger partial charge in [0.1, 0.15) is 0 Å². The van der Waals surface area contributed by atoms with E-state index in [4.69, 9.17) is 16.3 Å². The third kappa shape index (κ3) is 6.22. The number of hydrogen-bond acceptors (Lipinski definition) is 6. The highest BCUT2D eigenvalue weighted by Gasteiger charge is 2.18. The zero-order chi connectivity index (χ0) is 26.6. The van der Waals surface area contributed by atoms with Crippen LogP contribution in [0.2, 0.25) is 5.02 Å². The van der Waals surface area contributed by atoms with Gasteiger partial charge in [0.05, 0.1) is 29.1 Å². The number of pyridine rings is 1. The number of carbonyl (C=O) groups excluding carboxylic acids is 2. The minimum absolute atomic E-state index is 0.0848. The summed E-state index contributed by atoms with van der Waals surface area (Å²) in [5.74, 6) is -0.803. The molecule has 1 amide bonds. The molecule has 0 unspecified atom stereocenters. The van der Waals surface area contributed by atoms with Gasteiger partial charge in [-0.25, -0.2) is 8.42 Å². The summed E-state index contributed by atoms with van der Waals surface area (Å²) >= 11 is 6.36. The fourth-order valence-corrected chi connectivity index (χ4v) is 4.61. The van der Waals surface area contributed by atoms with Crippen LogP contribution in [0.5, 0.6) is 0 Å². The molecule has 4 rings (SSSR count). The van der Waals surface area contributed by atoms with E-state index < -0.39 is 15.7 Å². The Balaban J connectivity index is 1.70. The van der Waals surface area contributed by atoms with E-state index in [0.717, 1.165) is 11.8 Å². The first-order valence-corrected chi connectivity index (χ1v) is 13.4. The number of methoxy groups -OCH3 is 1. The van der Waals surface area contributed by atoms with Crippen molar-refractivity contribution in [3.8, 4) is 22.4 Å². The van der Waals surface area contributed by atoms with Gasteiger partial charge in [0, 0.05) is 29.3 Å². The standard InChI is InChI=1S/C28H23ClN2O5S/c1-36-27(32)15-18-6-8-19(9-7-18)23-17-21(37(2,34)35)11-12-22(23)28(33)31-20-10-13-25(29)24(16-20)26-5-3-4-14-30-26/h3-14,16-17H,15H2,1-2H3,(H,31,33). The van der Waals surface area contributed by atoms with Gasteiger partial charge in [-0.3, -0.25) is 14.6 Å². The number of anilines is 1. The van der Waals surface area contributed by atoms with Crippen LogP contribution in [0.25, 0.3) is 22.4 Å². The first kappa shape index (κ1) is 26.1. The van der Waals surface area contributed by atoms with Gasteiger partial charge in [-0.05, 0) is 65.2 Å². The Kier molecular flexibility index (Phi) is 7.71. The molecule has 0 saturated carbocycles. The summed E-state index contributed by atoms with van der Waals surface area (Å²) in [6, 6.07) is 21.8. The number of rotatable bonds is 7. The molecule has 188 valence electrons. The second kappa shape index (κ2) is 10.9. The SMILES string of the molecule is COC(=O)Cc1ccc(-c2cc(S(C)(=O)=O)ccc2C(=O)Nc2ccc(Cl)c(-c3ccccn3)c2)cc1. The largest absolute Gasteiger partial charge is 0.469 e. The summed E-state index contributed by atoms with van der Waals surface area (Å²) in [4.78, 5) is 29.4. The Bertz CT molecular complexity index is 1570. The predicted octanol–water partition coefficient (Wildman–Crippen LogP) is 5.44. The van der Waals surface area contributed by atoms with Crippen molar-refractivity contribution in [2.45, 2.75) is 11.3 Å². The number of esters is 1. The van der Waals surface area contributed by atoms with Crippen LogP contribution >= 0.6 is 11.6 Å². The molecule has 0 spiro atoms. The molecule has 1 aromatic heterocycles. The van der Waals surface area contributed by atoms with E-state index in [1.54, 1.807) is 54.7 Å². The van der Waals surface area contributed by atoms with Crippen LogP contribution in [0.1, 0.15) is 15.9 Å². The molecule has 0 radical (unpaired) electrons. The van der Waals surface area contributed by atoms with Crippen molar-refractivity contribution in [3.63, 3.8) is 0 Å². The number of nitrogens with zero attached hydrogens (tertiary/aromatic N) is 1. The topological polar surface area (TPSA) is 102 Å². The van der Waals surface area contributed by atoms with Crippen molar-refractivity contribution < 1.29 is 22.7 Å². The number of ether oxygens (including phenoxy) is 1. The third-order valence-corrected chi connectivity index (χ3v) is 7.11. The van der Waals surface area contributed by atoms with E-state index in [2.05, 4.69) is 10.3 Å². The van der Waals surface area contributed by atoms with Crippen LogP contribution < -0.4 is 5.32 Å². The summed E-state index contributed by atoms with van der Waals surface area (Å²) < 4.78 is 29.2. The molecular formula is C28H23ClN2O5S. The van der Waals surface area contributed by atoms with Crippen molar-refractivity contribution in [2.75, 3.05) is 18.7 Å². The lowest BCUT2D eigenvalue weighted by Crippen LogP contribution is -2.14. The number of benzene rings is 3. The summed E-state index contributed by atoms with van der Waals surface area (Å²) in [5, 5.41) is 3.36. The zero-order valence-corrected chi connectivity index (χ0v) is 21.6. The van der Waals surface area contributed by atoms with Crippen LogP contribution in [0.4, 0.5) is 5.69 Å². The van der Waals surface area contributed by atoms with E-state index in [9.17, 15) is 18.0 Å². The minimum atomic E-state index is -3.52. The monoisotopic (exact) mass is 534 g/mol. The number of carbonyl (C=O) groups is 2. The average Bonchev–Trinajstić information content (AvgIpc) is 2.89. The van der Waals surface area contributed by atoms with E-state index in [0.29, 0.717) is 33.1 Å². The molecular weight excluding hydrogens is 512 g/mol. The highest BCUT2D eigenvalue weighted by atomic mass is 35.5. The molecule has 0 aliphatic heterocycles. The molecule has 0 fully saturated rings. The molecule has 0 atom stereocenters. The normalized spacial score (nSPS) is 11.1. The van der Waals surface area contributed by atoms with Gasteiger partial charge in [0.15, 0.2) is 9.84 Å². The van der Waals surface area contributed by atoms with Gasteiger partial charge in [0.25, 0.3) is 5.91 Å². The molecule has 9 heteroatoms. The maximum absolute atomic E-state index is 13.4. The molecule has 0 aliphatic rings. The van der Waals surface area contributed by atoms with Crippen LogP contribution in [-0.2, 0) is 25.8 Å². The number of nitrogens with one attached hydrogen (secondary N) is 1. The van der Waals surface area contributed by atoms with Gasteiger partial charge >= 0.3 is 5.97 Å². The molecule has 37 heavy (non-hydrogen) atoms. The Morgan fingerprint density at radius 2 is 1.70 bits per heavy atom. The molecule has 0 bridgehead atoms. The lowest BCUT2D eigenvalue weighted by atomic mass is 9.97. The van der Waals surface area contributed by atoms with Crippen molar-refractivity contribution >= 4 is 39.0 Å². The zero-order valence-electron chi connectivity index (χ0n) is 20.1. The number of sulfone groups is 1. The van der Waals surface area contributed by atoms with Gasteiger partial charge in [0.2, 0.25) is 0 Å². The number of halogens is 1. The smallest absolute Gasteiger partial charge is 0.309 e. The molecule has 0 saturated heterocycles. The Hall–Kier alpha value is -4.01. The Morgan fingerprint density at radius 1 is 0.946 bits per heavy atom. The lowest BCUT2D eigenvalue weighted by molar-refractivity contribution is -0.139. The van der Waals surface area contributed by atoms with E-state index >= 15 is 0 Å². The number of amides is 1. The number of hydrogen-bond donors (Lipinski definition) is 1. The van der Waals surface area contributed by atoms with E-state index in [1.165, 1.54) is 25.3 Å². The number of aromatic nitrogens is 1. The van der Waals surface area contributed by atoms with Crippen molar-refractivity contribution in [2.24, 2.45) is 0 Å². The van der Waals surface area contributed by atoms with E-state index in [1.807, 2.05) is 12.1 Å². The van der Waals surface area contributed by atoms with Gasteiger partial charge in [-0.2, -0.15) is 0 Å². The predicted molar refractivity (Wildman–Crippen MR) is 143 cm³/mol. The van der Waals surface area contributed by atoms with E-state index in [-0.39, 0.29) is 22.8 Å². The Morgan fingerprint density at radius 3 is 2.35 bits per heavy atom. The fourth-order valence-electron chi connectivity index (χ4n) is 3.75. The van der Waals surface area contributed by atoms with Crippen LogP contribution in [-0.4, -0.2) is 38.6 Å². The highest BCUT2D eigenvalue weighted by molar-refractivity contribution is 7.90. The van der Waals surface area contributed by atoms with Gasteiger partial charge < -0.3 is 10.1 Å². The summed E-state index contributed by atoms with van der Waals surface area (Å²) in [5.41, 5.74) is 3.88. The summed E-state index contributed by atoms with van der Waals surface area (Å²) in [7, 11) is -2.20. The summed E-state index contributed by atoms with van der Waals surface area (Å²) in [6.07, 6.45) is 2.86. The Labute approximate surface area is 220 Å². The molecule has 1 N–H and O–H groups in total. The molecule has 0 aliphatic carbocycles. The summed E-state index contributed by atoms with van der Waals surface area (Å²) in [6.45, 7) is 0. The minimum Gasteiger partial charge on any atom is -0.469 e. The first-order valence-electron chi connectivity index (χ1n) is 11.2. The molecule has 3 aromatic carbocycles. The second-order valence-electron chi connectivity index (χ2n) is 8.29. The maximum Gasteiger partial charge on any atom is 0.309 e. The second-order valence-corrected chi connectivity index (χ2v) is 10.7. The van der Waals surface area contributed by atoms with Crippen LogP contribution in [0.15, 0.2) is 90.0 Å². The fraction of sp³-hybridized carbons (Fsp3) is 0.107. The quantitative estimate of drug-likeness (QED) is 0.317. The van der Waals surface area contributed by atoms with Crippen molar-refractivity contribution in [1.82, 2.24) is 4.98 Å². The molecule has 1 heterocycles. The highest BCUT2D eigenvalue weighted by Crippen LogP contribution is 2.31. The third-order valence-electron chi connectivity index (χ3n) is 5.67. The average molecular weight is 535 g/mol. The van der Waals surface area contributed by atoms with Gasteiger partial charge in [-0.1, -0.05) is 41.9 Å². The van der Waals surface area contributed by atoms with Crippen molar-refractivity contribution in [1.29, 1.82) is 0 Å². The lowest BCUT2D eigenvalue weighted by Gasteiger charge is -2.14. The molecule has 4 aromatic rings.